The van der Waals surface area contributed by atoms with Gasteiger partial charge < -0.3 is 9.84 Å². The molecule has 2 N–H and O–H groups in total. The van der Waals surface area contributed by atoms with Crippen LogP contribution in [0.1, 0.15) is 29.8 Å². The zero-order chi connectivity index (χ0) is 15.5. The van der Waals surface area contributed by atoms with Crippen molar-refractivity contribution in [2.75, 3.05) is 5.32 Å². The van der Waals surface area contributed by atoms with Gasteiger partial charge in [0.15, 0.2) is 0 Å². The highest BCUT2D eigenvalue weighted by molar-refractivity contribution is 5.91. The van der Waals surface area contributed by atoms with Crippen molar-refractivity contribution in [3.8, 4) is 0 Å². The van der Waals surface area contributed by atoms with Gasteiger partial charge in [-0.2, -0.15) is 13.2 Å². The molecule has 5 nitrogen and oxygen atoms in total. The topological polar surface area (TPSA) is 75.6 Å². The van der Waals surface area contributed by atoms with Crippen molar-refractivity contribution in [3.63, 3.8) is 0 Å². The highest BCUT2D eigenvalue weighted by Crippen LogP contribution is 2.32. The zero-order valence-electron chi connectivity index (χ0n) is 10.6. The molecule has 0 atom stereocenters. The number of hydrogen-bond acceptors (Lipinski definition) is 3. The van der Waals surface area contributed by atoms with Crippen molar-refractivity contribution in [2.24, 2.45) is 0 Å². The number of ether oxygens (including phenoxy) is 1. The molecule has 1 aromatic carbocycles. The monoisotopic (exact) mass is 291 g/mol. The third kappa shape index (κ3) is 4.45. The number of carbonyl (C=O) groups excluding carboxylic acids is 1. The summed E-state index contributed by atoms with van der Waals surface area (Å²) in [6, 6.07) is 2.04. The van der Waals surface area contributed by atoms with E-state index in [0.717, 1.165) is 6.07 Å². The summed E-state index contributed by atoms with van der Waals surface area (Å²) in [7, 11) is 0. The Morgan fingerprint density at radius 2 is 1.85 bits per heavy atom. The van der Waals surface area contributed by atoms with Crippen LogP contribution in [-0.4, -0.2) is 23.3 Å². The summed E-state index contributed by atoms with van der Waals surface area (Å²) in [6.45, 7) is 3.13. The van der Waals surface area contributed by atoms with E-state index in [1.807, 2.05) is 0 Å². The van der Waals surface area contributed by atoms with E-state index in [1.165, 1.54) is 0 Å². The molecule has 8 heteroatoms. The second-order valence-corrected chi connectivity index (χ2v) is 4.18. The highest BCUT2D eigenvalue weighted by Gasteiger charge is 2.32. The van der Waals surface area contributed by atoms with E-state index >= 15 is 0 Å². The first-order chi connectivity index (χ1) is 9.09. The van der Waals surface area contributed by atoms with E-state index in [2.05, 4.69) is 5.32 Å². The first kappa shape index (κ1) is 15.8. The molecule has 0 saturated carbocycles. The van der Waals surface area contributed by atoms with Crippen molar-refractivity contribution < 1.29 is 32.6 Å². The fourth-order valence-corrected chi connectivity index (χ4v) is 1.35. The number of carboxylic acid groups (broad SMARTS) is 1. The second kappa shape index (κ2) is 5.81. The molecular formula is C12H12F3NO4. The maximum Gasteiger partial charge on any atom is 0.416 e. The largest absolute Gasteiger partial charge is 0.478 e. The van der Waals surface area contributed by atoms with Crippen molar-refractivity contribution in [1.29, 1.82) is 0 Å². The van der Waals surface area contributed by atoms with Gasteiger partial charge in [-0.1, -0.05) is 0 Å². The smallest absolute Gasteiger partial charge is 0.416 e. The summed E-state index contributed by atoms with van der Waals surface area (Å²) < 4.78 is 42.6. The molecule has 0 saturated heterocycles. The SMILES string of the molecule is CC(C)OC(=O)Nc1cc(C(=O)O)cc(C(F)(F)F)c1. The van der Waals surface area contributed by atoms with Crippen LogP contribution in [-0.2, 0) is 10.9 Å². The number of hydrogen-bond donors (Lipinski definition) is 2. The lowest BCUT2D eigenvalue weighted by atomic mass is 10.1. The number of nitrogens with one attached hydrogen (secondary N) is 1. The molecule has 0 fully saturated rings. The molecule has 0 heterocycles. The van der Waals surface area contributed by atoms with E-state index < -0.39 is 35.5 Å². The van der Waals surface area contributed by atoms with Crippen LogP contribution >= 0.6 is 0 Å². The Bertz CT molecular complexity index is 526. The average molecular weight is 291 g/mol. The molecule has 110 valence electrons. The Balaban J connectivity index is 3.10. The number of rotatable bonds is 3. The van der Waals surface area contributed by atoms with Crippen LogP contribution in [0.4, 0.5) is 23.7 Å². The van der Waals surface area contributed by atoms with Gasteiger partial charge in [-0.3, -0.25) is 5.32 Å². The number of amides is 1. The lowest BCUT2D eigenvalue weighted by Gasteiger charge is -2.13. The van der Waals surface area contributed by atoms with Gasteiger partial charge in [0.25, 0.3) is 0 Å². The summed E-state index contributed by atoms with van der Waals surface area (Å²) in [5.41, 5.74) is -2.06. The maximum atomic E-state index is 12.6. The van der Waals surface area contributed by atoms with Gasteiger partial charge in [-0.25, -0.2) is 9.59 Å². The van der Waals surface area contributed by atoms with Crippen molar-refractivity contribution in [2.45, 2.75) is 26.1 Å². The van der Waals surface area contributed by atoms with E-state index in [0.29, 0.717) is 12.1 Å². The Hall–Kier alpha value is -2.25. The van der Waals surface area contributed by atoms with Gasteiger partial charge in [0.1, 0.15) is 0 Å². The number of aromatic carboxylic acids is 1. The third-order valence-corrected chi connectivity index (χ3v) is 2.10. The molecule has 0 bridgehead atoms. The van der Waals surface area contributed by atoms with Crippen molar-refractivity contribution in [3.05, 3.63) is 29.3 Å². The van der Waals surface area contributed by atoms with Gasteiger partial charge >= 0.3 is 18.2 Å². The predicted octanol–water partition coefficient (Wildman–Crippen LogP) is 3.36. The Morgan fingerprint density at radius 3 is 2.30 bits per heavy atom. The van der Waals surface area contributed by atoms with Crippen LogP contribution in [0.5, 0.6) is 0 Å². The Morgan fingerprint density at radius 1 is 1.25 bits per heavy atom. The van der Waals surface area contributed by atoms with E-state index in [1.54, 1.807) is 13.8 Å². The van der Waals surface area contributed by atoms with Gasteiger partial charge in [-0.05, 0) is 32.0 Å². The van der Waals surface area contributed by atoms with Crippen LogP contribution in [0.3, 0.4) is 0 Å². The molecule has 0 unspecified atom stereocenters. The number of carbonyl (C=O) groups is 2. The molecule has 0 aliphatic rings. The minimum Gasteiger partial charge on any atom is -0.478 e. The van der Waals surface area contributed by atoms with Gasteiger partial charge in [0.05, 0.1) is 17.2 Å². The predicted molar refractivity (Wildman–Crippen MR) is 63.6 cm³/mol. The zero-order valence-corrected chi connectivity index (χ0v) is 10.6. The second-order valence-electron chi connectivity index (χ2n) is 4.18. The van der Waals surface area contributed by atoms with E-state index in [4.69, 9.17) is 9.84 Å². The number of anilines is 1. The molecule has 0 radical (unpaired) electrons. The maximum absolute atomic E-state index is 12.6. The first-order valence-electron chi connectivity index (χ1n) is 5.53. The number of halogens is 3. The standard InChI is InChI=1S/C12H12F3NO4/c1-6(2)20-11(19)16-9-4-7(10(17)18)3-8(5-9)12(13,14)15/h3-6H,1-2H3,(H,16,19)(H,17,18). The van der Waals surface area contributed by atoms with E-state index in [-0.39, 0.29) is 5.69 Å². The van der Waals surface area contributed by atoms with Crippen LogP contribution in [0, 0.1) is 0 Å². The highest BCUT2D eigenvalue weighted by atomic mass is 19.4. The summed E-state index contributed by atoms with van der Waals surface area (Å²) in [4.78, 5) is 22.1. The molecule has 0 aromatic heterocycles. The third-order valence-electron chi connectivity index (χ3n) is 2.10. The molecule has 0 aliphatic carbocycles. The number of alkyl halides is 3. The Kier molecular flexibility index (Phi) is 4.59. The first-order valence-corrected chi connectivity index (χ1v) is 5.53. The van der Waals surface area contributed by atoms with Gasteiger partial charge in [-0.15, -0.1) is 0 Å². The van der Waals surface area contributed by atoms with E-state index in [9.17, 15) is 22.8 Å². The summed E-state index contributed by atoms with van der Waals surface area (Å²) in [6.07, 6.45) is -6.14. The average Bonchev–Trinajstić information content (AvgIpc) is 2.25. The van der Waals surface area contributed by atoms with Crippen LogP contribution in [0.15, 0.2) is 18.2 Å². The van der Waals surface area contributed by atoms with Crippen LogP contribution < -0.4 is 5.32 Å². The molecule has 0 aliphatic heterocycles. The summed E-state index contributed by atoms with van der Waals surface area (Å²) >= 11 is 0. The molecule has 1 aromatic rings. The number of carboxylic acids is 1. The lowest BCUT2D eigenvalue weighted by Crippen LogP contribution is -2.19. The number of benzene rings is 1. The van der Waals surface area contributed by atoms with Gasteiger partial charge in [0.2, 0.25) is 0 Å². The molecular weight excluding hydrogens is 279 g/mol. The summed E-state index contributed by atoms with van der Waals surface area (Å²) in [5, 5.41) is 10.8. The fraction of sp³-hybridized carbons (Fsp3) is 0.333. The minimum atomic E-state index is -4.72. The molecule has 1 rings (SSSR count). The fourth-order valence-electron chi connectivity index (χ4n) is 1.35. The lowest BCUT2D eigenvalue weighted by molar-refractivity contribution is -0.137. The quantitative estimate of drug-likeness (QED) is 0.895. The van der Waals surface area contributed by atoms with Crippen LogP contribution in [0.2, 0.25) is 0 Å². The summed E-state index contributed by atoms with van der Waals surface area (Å²) in [5.74, 6) is -1.53. The van der Waals surface area contributed by atoms with Crippen molar-refractivity contribution >= 4 is 17.7 Å². The van der Waals surface area contributed by atoms with Crippen LogP contribution in [0.25, 0.3) is 0 Å². The molecule has 1 amide bonds. The van der Waals surface area contributed by atoms with Gasteiger partial charge in [0, 0.05) is 5.69 Å². The molecule has 20 heavy (non-hydrogen) atoms. The minimum absolute atomic E-state index is 0.303. The molecule has 0 spiro atoms. The van der Waals surface area contributed by atoms with Crippen molar-refractivity contribution in [1.82, 2.24) is 0 Å². The Labute approximate surface area is 112 Å². The normalized spacial score (nSPS) is 11.3.